The molecule has 0 saturated carbocycles. The van der Waals surface area contributed by atoms with Crippen LogP contribution in [0.25, 0.3) is 0 Å². The van der Waals surface area contributed by atoms with E-state index in [0.29, 0.717) is 19.8 Å². The molecule has 1 saturated heterocycles. The molecule has 6 heteroatoms. The van der Waals surface area contributed by atoms with Gasteiger partial charge in [0.05, 0.1) is 26.9 Å². The molecule has 0 aromatic heterocycles. The number of allylic oxidation sites excluding steroid dienone is 2. The summed E-state index contributed by atoms with van der Waals surface area (Å²) in [6, 6.07) is 1.78. The normalized spacial score (nSPS) is 15.9. The van der Waals surface area contributed by atoms with Gasteiger partial charge in [-0.1, -0.05) is 0 Å². The van der Waals surface area contributed by atoms with E-state index >= 15 is 0 Å². The van der Waals surface area contributed by atoms with Gasteiger partial charge in [-0.05, 0) is 18.4 Å². The van der Waals surface area contributed by atoms with Crippen LogP contribution < -0.4 is 0 Å². The smallest absolute Gasteiger partial charge is 0.348 e. The number of nitrogens with zero attached hydrogens (tertiary/aromatic N) is 2. The maximum Gasteiger partial charge on any atom is 0.348 e. The van der Waals surface area contributed by atoms with Crippen LogP contribution >= 0.6 is 0 Å². The van der Waals surface area contributed by atoms with E-state index in [2.05, 4.69) is 4.74 Å². The number of ether oxygens (including phenoxy) is 3. The van der Waals surface area contributed by atoms with E-state index < -0.39 is 5.97 Å². The van der Waals surface area contributed by atoms with Crippen LogP contribution in [0.15, 0.2) is 23.9 Å². The van der Waals surface area contributed by atoms with Gasteiger partial charge >= 0.3 is 5.97 Å². The Balaban J connectivity index is 2.27. The van der Waals surface area contributed by atoms with Crippen LogP contribution in [0, 0.1) is 11.3 Å². The van der Waals surface area contributed by atoms with Crippen LogP contribution in [0.4, 0.5) is 0 Å². The number of carbonyl (C=O) groups excluding carboxylic acids is 1. The fourth-order valence-electron chi connectivity index (χ4n) is 1.30. The Morgan fingerprint density at radius 1 is 1.58 bits per heavy atom. The summed E-state index contributed by atoms with van der Waals surface area (Å²) in [7, 11) is 3.13. The summed E-state index contributed by atoms with van der Waals surface area (Å²) in [4.78, 5) is 13.0. The zero-order chi connectivity index (χ0) is 14.1. The van der Waals surface area contributed by atoms with Gasteiger partial charge in [0.15, 0.2) is 0 Å². The molecule has 0 spiro atoms. The first-order valence-corrected chi connectivity index (χ1v) is 5.94. The second-order valence-electron chi connectivity index (χ2n) is 4.04. The van der Waals surface area contributed by atoms with Gasteiger partial charge in [-0.25, -0.2) is 4.79 Å². The lowest BCUT2D eigenvalue weighted by molar-refractivity contribution is -0.135. The summed E-state index contributed by atoms with van der Waals surface area (Å²) >= 11 is 0. The Hall–Kier alpha value is -1.84. The summed E-state index contributed by atoms with van der Waals surface area (Å²) < 4.78 is 15.0. The molecule has 0 atom stereocenters. The van der Waals surface area contributed by atoms with Crippen molar-refractivity contribution in [2.75, 3.05) is 40.5 Å². The molecular formula is C13H18N2O4. The molecule has 0 aromatic carbocycles. The summed E-state index contributed by atoms with van der Waals surface area (Å²) in [6.45, 7) is 2.68. The average molecular weight is 266 g/mol. The first-order valence-electron chi connectivity index (χ1n) is 5.94. The van der Waals surface area contributed by atoms with Crippen molar-refractivity contribution in [3.05, 3.63) is 23.9 Å². The molecule has 6 nitrogen and oxygen atoms in total. The minimum absolute atomic E-state index is 0.0324. The minimum atomic E-state index is -0.636. The van der Waals surface area contributed by atoms with E-state index in [9.17, 15) is 4.79 Å². The van der Waals surface area contributed by atoms with Crippen LogP contribution in [0.3, 0.4) is 0 Å². The monoisotopic (exact) mass is 266 g/mol. The van der Waals surface area contributed by atoms with Gasteiger partial charge in [0, 0.05) is 13.6 Å². The zero-order valence-corrected chi connectivity index (χ0v) is 11.2. The number of hydrogen-bond acceptors (Lipinski definition) is 6. The zero-order valence-electron chi connectivity index (χ0n) is 11.2. The van der Waals surface area contributed by atoms with Crippen molar-refractivity contribution in [1.82, 2.24) is 4.90 Å². The van der Waals surface area contributed by atoms with E-state index in [1.165, 1.54) is 13.2 Å². The summed E-state index contributed by atoms with van der Waals surface area (Å²) in [5, 5.41) is 8.73. The van der Waals surface area contributed by atoms with E-state index in [0.717, 1.165) is 6.54 Å². The number of hydrogen-bond donors (Lipinski definition) is 0. The van der Waals surface area contributed by atoms with Gasteiger partial charge in [-0.3, -0.25) is 0 Å². The Kier molecular flexibility index (Phi) is 6.64. The second-order valence-corrected chi connectivity index (χ2v) is 4.04. The van der Waals surface area contributed by atoms with E-state index in [1.54, 1.807) is 18.3 Å². The first kappa shape index (κ1) is 15.2. The van der Waals surface area contributed by atoms with Gasteiger partial charge in [0.2, 0.25) is 0 Å². The third-order valence-electron chi connectivity index (χ3n) is 2.53. The molecule has 1 aliphatic heterocycles. The lowest BCUT2D eigenvalue weighted by Gasteiger charge is -2.26. The van der Waals surface area contributed by atoms with E-state index in [4.69, 9.17) is 14.7 Å². The SMILES string of the molecule is COC(=O)C(C#N)=CC=CN(C)CCOC1COC1. The van der Waals surface area contributed by atoms with E-state index in [1.807, 2.05) is 11.9 Å². The summed E-state index contributed by atoms with van der Waals surface area (Å²) in [5.41, 5.74) is -0.0324. The molecule has 0 amide bonds. The lowest BCUT2D eigenvalue weighted by Crippen LogP contribution is -2.37. The third kappa shape index (κ3) is 5.55. The number of rotatable bonds is 7. The quantitative estimate of drug-likeness (QED) is 0.289. The van der Waals surface area contributed by atoms with Crippen LogP contribution in [0.1, 0.15) is 0 Å². The van der Waals surface area contributed by atoms with Gasteiger partial charge in [-0.15, -0.1) is 0 Å². The number of carbonyl (C=O) groups is 1. The van der Waals surface area contributed by atoms with Crippen molar-refractivity contribution in [2.24, 2.45) is 0 Å². The fraction of sp³-hybridized carbons (Fsp3) is 0.538. The van der Waals surface area contributed by atoms with Crippen molar-refractivity contribution >= 4 is 5.97 Å². The largest absolute Gasteiger partial charge is 0.465 e. The molecular weight excluding hydrogens is 248 g/mol. The van der Waals surface area contributed by atoms with Crippen LogP contribution in [-0.2, 0) is 19.0 Å². The molecule has 19 heavy (non-hydrogen) atoms. The van der Waals surface area contributed by atoms with Gasteiger partial charge in [-0.2, -0.15) is 5.26 Å². The molecule has 0 N–H and O–H groups in total. The summed E-state index contributed by atoms with van der Waals surface area (Å²) in [6.07, 6.45) is 5.04. The first-order chi connectivity index (χ1) is 9.17. The molecule has 1 rings (SSSR count). The Morgan fingerprint density at radius 3 is 2.84 bits per heavy atom. The van der Waals surface area contributed by atoms with E-state index in [-0.39, 0.29) is 11.7 Å². The van der Waals surface area contributed by atoms with Gasteiger partial charge in [0.1, 0.15) is 17.7 Å². The number of methoxy groups -OCH3 is 1. The second kappa shape index (κ2) is 8.29. The lowest BCUT2D eigenvalue weighted by atomic mass is 10.3. The van der Waals surface area contributed by atoms with Crippen molar-refractivity contribution < 1.29 is 19.0 Å². The topological polar surface area (TPSA) is 71.8 Å². The van der Waals surface area contributed by atoms with Crippen molar-refractivity contribution in [2.45, 2.75) is 6.10 Å². The highest BCUT2D eigenvalue weighted by atomic mass is 16.6. The summed E-state index contributed by atoms with van der Waals surface area (Å²) in [5.74, 6) is -0.636. The molecule has 0 radical (unpaired) electrons. The molecule has 1 heterocycles. The van der Waals surface area contributed by atoms with Crippen LogP contribution in [0.5, 0.6) is 0 Å². The predicted octanol–water partition coefficient (Wildman–Crippen LogP) is 0.470. The number of esters is 1. The predicted molar refractivity (Wildman–Crippen MR) is 68.0 cm³/mol. The minimum Gasteiger partial charge on any atom is -0.465 e. The maximum absolute atomic E-state index is 11.1. The van der Waals surface area contributed by atoms with Crippen molar-refractivity contribution in [1.29, 1.82) is 5.26 Å². The molecule has 104 valence electrons. The highest BCUT2D eigenvalue weighted by Crippen LogP contribution is 2.04. The molecule has 1 fully saturated rings. The standard InChI is InChI=1S/C13H18N2O4/c1-15(6-7-19-12-9-18-10-12)5-3-4-11(8-14)13(16)17-2/h3-5,12H,6-7,9-10H2,1-2H3. The Bertz CT molecular complexity index is 394. The number of likely N-dealkylation sites (N-methyl/N-ethyl adjacent to an activating group) is 1. The molecule has 1 aliphatic rings. The van der Waals surface area contributed by atoms with Gasteiger partial charge < -0.3 is 19.1 Å². The van der Waals surface area contributed by atoms with Crippen molar-refractivity contribution in [3.63, 3.8) is 0 Å². The molecule has 0 aromatic rings. The Labute approximate surface area is 112 Å². The molecule has 0 unspecified atom stereocenters. The van der Waals surface area contributed by atoms with Crippen LogP contribution in [-0.4, -0.2) is 57.5 Å². The highest BCUT2D eigenvalue weighted by Gasteiger charge is 2.18. The average Bonchev–Trinajstić information content (AvgIpc) is 2.36. The van der Waals surface area contributed by atoms with Gasteiger partial charge in [0.25, 0.3) is 0 Å². The fourth-order valence-corrected chi connectivity index (χ4v) is 1.30. The third-order valence-corrected chi connectivity index (χ3v) is 2.53. The Morgan fingerprint density at radius 2 is 2.32 bits per heavy atom. The van der Waals surface area contributed by atoms with Crippen molar-refractivity contribution in [3.8, 4) is 6.07 Å². The van der Waals surface area contributed by atoms with Crippen LogP contribution in [0.2, 0.25) is 0 Å². The highest BCUT2D eigenvalue weighted by molar-refractivity contribution is 5.92. The maximum atomic E-state index is 11.1. The number of nitriles is 1. The molecule has 0 aliphatic carbocycles. The molecule has 0 bridgehead atoms.